The van der Waals surface area contributed by atoms with Crippen molar-refractivity contribution in [1.82, 2.24) is 9.73 Å². The van der Waals surface area contributed by atoms with Crippen molar-refractivity contribution in [3.8, 4) is 5.75 Å². The molecule has 0 bridgehead atoms. The van der Waals surface area contributed by atoms with Crippen LogP contribution in [0, 0.1) is 0 Å². The number of ether oxygens (including phenoxy) is 1. The molecule has 0 saturated heterocycles. The summed E-state index contributed by atoms with van der Waals surface area (Å²) >= 11 is 3.32. The van der Waals surface area contributed by atoms with Crippen molar-refractivity contribution in [2.24, 2.45) is 5.10 Å². The fraction of sp³-hybridized carbons (Fsp3) is 0.200. The number of sulfonamides is 1. The van der Waals surface area contributed by atoms with Crippen molar-refractivity contribution >= 4 is 38.1 Å². The monoisotopic (exact) mass is 543 g/mol. The molecule has 0 radical (unpaired) electrons. The van der Waals surface area contributed by atoms with Gasteiger partial charge in [0.25, 0.3) is 5.91 Å². The summed E-state index contributed by atoms with van der Waals surface area (Å²) in [4.78, 5) is 12.7. The molecule has 3 aromatic rings. The van der Waals surface area contributed by atoms with Crippen LogP contribution in [0.5, 0.6) is 5.75 Å². The van der Waals surface area contributed by atoms with Crippen LogP contribution < -0.4 is 10.2 Å². The second kappa shape index (κ2) is 12.5. The van der Waals surface area contributed by atoms with Crippen molar-refractivity contribution < 1.29 is 17.9 Å². The standard InChI is InChI=1S/C25H26BrN3O4S/c1-2-33-24-11-7-6-10-21(24)18-27-28-25(30)19-29(17-16-20-8-4-3-5-9-20)34(31,32)23-14-12-22(26)13-15-23/h3-15,18H,2,16-17,19H2,1H3,(H,28,30)/b27-18-. The van der Waals surface area contributed by atoms with Crippen LogP contribution in [0.1, 0.15) is 18.1 Å². The second-order valence-corrected chi connectivity index (χ2v) is 10.1. The number of nitrogens with one attached hydrogen (secondary N) is 1. The molecule has 0 aliphatic heterocycles. The molecule has 0 heterocycles. The molecule has 178 valence electrons. The highest BCUT2D eigenvalue weighted by molar-refractivity contribution is 9.10. The summed E-state index contributed by atoms with van der Waals surface area (Å²) in [6, 6.07) is 23.2. The summed E-state index contributed by atoms with van der Waals surface area (Å²) in [6.07, 6.45) is 1.94. The minimum absolute atomic E-state index is 0.116. The first kappa shape index (κ1) is 25.6. The third-order valence-electron chi connectivity index (χ3n) is 4.88. The molecule has 1 N–H and O–H groups in total. The number of hydrogen-bond donors (Lipinski definition) is 1. The van der Waals surface area contributed by atoms with Gasteiger partial charge in [0.2, 0.25) is 10.0 Å². The highest BCUT2D eigenvalue weighted by Gasteiger charge is 2.26. The van der Waals surface area contributed by atoms with Gasteiger partial charge in [0.05, 0.1) is 24.3 Å². The number of hydrazone groups is 1. The minimum atomic E-state index is -3.89. The van der Waals surface area contributed by atoms with Gasteiger partial charge in [-0.25, -0.2) is 13.8 Å². The number of para-hydroxylation sites is 1. The van der Waals surface area contributed by atoms with Gasteiger partial charge in [-0.3, -0.25) is 4.79 Å². The summed E-state index contributed by atoms with van der Waals surface area (Å²) in [5, 5.41) is 3.99. The Kier molecular flexibility index (Phi) is 9.38. The first-order chi connectivity index (χ1) is 16.4. The largest absolute Gasteiger partial charge is 0.493 e. The third kappa shape index (κ3) is 7.24. The van der Waals surface area contributed by atoms with E-state index in [0.717, 1.165) is 10.0 Å². The van der Waals surface area contributed by atoms with Crippen molar-refractivity contribution in [2.45, 2.75) is 18.2 Å². The first-order valence-corrected chi connectivity index (χ1v) is 13.0. The lowest BCUT2D eigenvalue weighted by Crippen LogP contribution is -2.40. The lowest BCUT2D eigenvalue weighted by molar-refractivity contribution is -0.121. The molecular weight excluding hydrogens is 518 g/mol. The van der Waals surface area contributed by atoms with Gasteiger partial charge in [-0.05, 0) is 55.3 Å². The zero-order chi connectivity index (χ0) is 24.4. The van der Waals surface area contributed by atoms with Crippen LogP contribution in [0.2, 0.25) is 0 Å². The Morgan fingerprint density at radius 2 is 1.71 bits per heavy atom. The van der Waals surface area contributed by atoms with E-state index in [1.807, 2.05) is 61.5 Å². The second-order valence-electron chi connectivity index (χ2n) is 7.29. The van der Waals surface area contributed by atoms with Gasteiger partial charge in [0, 0.05) is 16.6 Å². The van der Waals surface area contributed by atoms with Crippen LogP contribution in [0.15, 0.2) is 93.3 Å². The maximum atomic E-state index is 13.3. The summed E-state index contributed by atoms with van der Waals surface area (Å²) in [6.45, 7) is 2.16. The Balaban J connectivity index is 1.73. The van der Waals surface area contributed by atoms with E-state index in [0.29, 0.717) is 24.3 Å². The number of amides is 1. The zero-order valence-corrected chi connectivity index (χ0v) is 21.1. The maximum Gasteiger partial charge on any atom is 0.255 e. The molecule has 0 atom stereocenters. The smallest absolute Gasteiger partial charge is 0.255 e. The number of hydrogen-bond acceptors (Lipinski definition) is 5. The Bertz CT molecular complexity index is 1220. The van der Waals surface area contributed by atoms with Gasteiger partial charge in [-0.15, -0.1) is 0 Å². The molecule has 34 heavy (non-hydrogen) atoms. The summed E-state index contributed by atoms with van der Waals surface area (Å²) < 4.78 is 34.1. The number of halogens is 1. The molecular formula is C25H26BrN3O4S. The molecule has 0 fully saturated rings. The lowest BCUT2D eigenvalue weighted by Gasteiger charge is -2.21. The maximum absolute atomic E-state index is 13.3. The van der Waals surface area contributed by atoms with Crippen molar-refractivity contribution in [2.75, 3.05) is 19.7 Å². The van der Waals surface area contributed by atoms with Gasteiger partial charge >= 0.3 is 0 Å². The van der Waals surface area contributed by atoms with Crippen molar-refractivity contribution in [1.29, 1.82) is 0 Å². The van der Waals surface area contributed by atoms with Crippen LogP contribution in [0.3, 0.4) is 0 Å². The normalized spacial score (nSPS) is 11.6. The van der Waals surface area contributed by atoms with E-state index in [4.69, 9.17) is 4.74 Å². The highest BCUT2D eigenvalue weighted by atomic mass is 79.9. The molecule has 1 amide bonds. The zero-order valence-electron chi connectivity index (χ0n) is 18.7. The number of carbonyl (C=O) groups excluding carboxylic acids is 1. The Morgan fingerprint density at radius 3 is 2.41 bits per heavy atom. The molecule has 3 aromatic carbocycles. The lowest BCUT2D eigenvalue weighted by atomic mass is 10.1. The van der Waals surface area contributed by atoms with E-state index >= 15 is 0 Å². The summed E-state index contributed by atoms with van der Waals surface area (Å²) in [5.74, 6) is 0.101. The molecule has 0 unspecified atom stereocenters. The molecule has 0 spiro atoms. The third-order valence-corrected chi connectivity index (χ3v) is 7.26. The molecule has 7 nitrogen and oxygen atoms in total. The predicted molar refractivity (Wildman–Crippen MR) is 136 cm³/mol. The average molecular weight is 544 g/mol. The van der Waals surface area contributed by atoms with Gasteiger partial charge in [-0.2, -0.15) is 9.41 Å². The van der Waals surface area contributed by atoms with Crippen molar-refractivity contribution in [3.63, 3.8) is 0 Å². The van der Waals surface area contributed by atoms with E-state index in [2.05, 4.69) is 26.5 Å². The quantitative estimate of drug-likeness (QED) is 0.289. The van der Waals surface area contributed by atoms with Gasteiger partial charge in [0.1, 0.15) is 5.75 Å². The van der Waals surface area contributed by atoms with E-state index < -0.39 is 15.9 Å². The van der Waals surface area contributed by atoms with Gasteiger partial charge < -0.3 is 4.74 Å². The molecule has 9 heteroatoms. The summed E-state index contributed by atoms with van der Waals surface area (Å²) in [7, 11) is -3.89. The Labute approximate surface area is 208 Å². The Hall–Kier alpha value is -3.01. The van der Waals surface area contributed by atoms with Gasteiger partial charge in [-0.1, -0.05) is 58.4 Å². The van der Waals surface area contributed by atoms with E-state index in [-0.39, 0.29) is 18.0 Å². The van der Waals surface area contributed by atoms with E-state index in [9.17, 15) is 13.2 Å². The summed E-state index contributed by atoms with van der Waals surface area (Å²) in [5.41, 5.74) is 4.10. The predicted octanol–water partition coefficient (Wildman–Crippen LogP) is 4.23. The molecule has 0 aliphatic carbocycles. The topological polar surface area (TPSA) is 88.1 Å². The number of carbonyl (C=O) groups is 1. The van der Waals surface area contributed by atoms with Crippen LogP contribution in [-0.4, -0.2) is 44.5 Å². The number of benzene rings is 3. The fourth-order valence-electron chi connectivity index (χ4n) is 3.18. The SMILES string of the molecule is CCOc1ccccc1/C=N\NC(=O)CN(CCc1ccccc1)S(=O)(=O)c1ccc(Br)cc1. The van der Waals surface area contributed by atoms with E-state index in [1.165, 1.54) is 22.7 Å². The van der Waals surface area contributed by atoms with Crippen molar-refractivity contribution in [3.05, 3.63) is 94.5 Å². The average Bonchev–Trinajstić information content (AvgIpc) is 2.84. The molecule has 3 rings (SSSR count). The molecule has 0 aromatic heterocycles. The fourth-order valence-corrected chi connectivity index (χ4v) is 4.84. The minimum Gasteiger partial charge on any atom is -0.493 e. The van der Waals surface area contributed by atoms with Gasteiger partial charge in [0.15, 0.2) is 0 Å². The molecule has 0 aliphatic rings. The van der Waals surface area contributed by atoms with Crippen LogP contribution in [0.4, 0.5) is 0 Å². The Morgan fingerprint density at radius 1 is 1.03 bits per heavy atom. The number of rotatable bonds is 11. The van der Waals surface area contributed by atoms with Crippen LogP contribution in [-0.2, 0) is 21.2 Å². The number of nitrogens with zero attached hydrogens (tertiary/aromatic N) is 2. The van der Waals surface area contributed by atoms with E-state index in [1.54, 1.807) is 12.1 Å². The van der Waals surface area contributed by atoms with Crippen LogP contribution >= 0.6 is 15.9 Å². The highest BCUT2D eigenvalue weighted by Crippen LogP contribution is 2.19. The van der Waals surface area contributed by atoms with Crippen LogP contribution in [0.25, 0.3) is 0 Å². The first-order valence-electron chi connectivity index (χ1n) is 10.7. The molecule has 0 saturated carbocycles.